The van der Waals surface area contributed by atoms with Crippen molar-refractivity contribution in [2.75, 3.05) is 26.2 Å². The third kappa shape index (κ3) is 4.94. The highest BCUT2D eigenvalue weighted by molar-refractivity contribution is 5.76. The van der Waals surface area contributed by atoms with Crippen molar-refractivity contribution in [2.24, 2.45) is 5.92 Å². The van der Waals surface area contributed by atoms with Gasteiger partial charge in [0.2, 0.25) is 0 Å². The molecule has 2 rings (SSSR count). The van der Waals surface area contributed by atoms with Crippen LogP contribution in [0.2, 0.25) is 0 Å². The minimum Gasteiger partial charge on any atom is -0.466 e. The second-order valence-corrected chi connectivity index (χ2v) is 7.04. The molecule has 6 heteroatoms. The lowest BCUT2D eigenvalue weighted by Gasteiger charge is -2.32. The molecular formula is C19H27FN2O3. The number of carbonyl (C=O) groups excluding carboxylic acids is 2. The minimum absolute atomic E-state index is 0.126. The molecule has 1 fully saturated rings. The highest BCUT2D eigenvalue weighted by Gasteiger charge is 2.30. The first-order valence-corrected chi connectivity index (χ1v) is 8.79. The summed E-state index contributed by atoms with van der Waals surface area (Å²) in [6.07, 6.45) is 1.23. The molecule has 0 radical (unpaired) electrons. The SMILES string of the molecule is CCOC(=O)C1CCN(C(=O)NCC(C)(C)c2ccccc2F)CC1. The zero-order chi connectivity index (χ0) is 18.4. The quantitative estimate of drug-likeness (QED) is 0.830. The van der Waals surface area contributed by atoms with E-state index in [1.165, 1.54) is 6.07 Å². The first kappa shape index (κ1) is 19.2. The maximum Gasteiger partial charge on any atom is 0.317 e. The fourth-order valence-electron chi connectivity index (χ4n) is 3.09. The van der Waals surface area contributed by atoms with E-state index in [0.717, 1.165) is 0 Å². The molecule has 1 saturated heterocycles. The van der Waals surface area contributed by atoms with Gasteiger partial charge in [-0.25, -0.2) is 9.18 Å². The van der Waals surface area contributed by atoms with Crippen molar-refractivity contribution in [3.63, 3.8) is 0 Å². The second-order valence-electron chi connectivity index (χ2n) is 7.04. The van der Waals surface area contributed by atoms with Gasteiger partial charge in [0, 0.05) is 25.0 Å². The number of benzene rings is 1. The number of hydrogen-bond donors (Lipinski definition) is 1. The molecule has 2 amide bonds. The van der Waals surface area contributed by atoms with Crippen LogP contribution in [0.1, 0.15) is 39.2 Å². The Hall–Kier alpha value is -2.11. The molecule has 5 nitrogen and oxygen atoms in total. The van der Waals surface area contributed by atoms with E-state index in [4.69, 9.17) is 4.74 Å². The number of carbonyl (C=O) groups is 2. The molecule has 0 aromatic heterocycles. The number of esters is 1. The Kier molecular flexibility index (Phi) is 6.39. The van der Waals surface area contributed by atoms with Crippen molar-refractivity contribution in [2.45, 2.75) is 39.0 Å². The van der Waals surface area contributed by atoms with Crippen molar-refractivity contribution in [3.05, 3.63) is 35.6 Å². The maximum absolute atomic E-state index is 14.0. The van der Waals surface area contributed by atoms with Crippen molar-refractivity contribution in [1.82, 2.24) is 10.2 Å². The molecule has 1 N–H and O–H groups in total. The minimum atomic E-state index is -0.510. The molecule has 1 aromatic rings. The topological polar surface area (TPSA) is 58.6 Å². The highest BCUT2D eigenvalue weighted by atomic mass is 19.1. The normalized spacial score (nSPS) is 15.8. The van der Waals surface area contributed by atoms with Gasteiger partial charge in [0.05, 0.1) is 12.5 Å². The first-order chi connectivity index (χ1) is 11.8. The van der Waals surface area contributed by atoms with Gasteiger partial charge in [0.1, 0.15) is 5.82 Å². The van der Waals surface area contributed by atoms with Crippen LogP contribution >= 0.6 is 0 Å². The Bertz CT molecular complexity index is 610. The molecule has 0 saturated carbocycles. The van der Waals surface area contributed by atoms with Gasteiger partial charge in [-0.3, -0.25) is 4.79 Å². The lowest BCUT2D eigenvalue weighted by molar-refractivity contribution is -0.149. The summed E-state index contributed by atoms with van der Waals surface area (Å²) in [6.45, 7) is 7.36. The van der Waals surface area contributed by atoms with Gasteiger partial charge in [-0.05, 0) is 31.4 Å². The number of urea groups is 1. The number of hydrogen-bond acceptors (Lipinski definition) is 3. The molecule has 0 bridgehead atoms. The lowest BCUT2D eigenvalue weighted by atomic mass is 9.84. The number of halogens is 1. The van der Waals surface area contributed by atoms with Crippen LogP contribution in [0, 0.1) is 11.7 Å². The molecule has 1 aliphatic heterocycles. The summed E-state index contributed by atoms with van der Waals surface area (Å²) in [6, 6.07) is 6.45. The van der Waals surface area contributed by atoms with Crippen LogP contribution in [0.25, 0.3) is 0 Å². The molecule has 25 heavy (non-hydrogen) atoms. The average molecular weight is 350 g/mol. The van der Waals surface area contributed by atoms with Gasteiger partial charge in [0.25, 0.3) is 0 Å². The number of nitrogens with one attached hydrogen (secondary N) is 1. The molecule has 0 atom stereocenters. The monoisotopic (exact) mass is 350 g/mol. The van der Waals surface area contributed by atoms with E-state index in [9.17, 15) is 14.0 Å². The van der Waals surface area contributed by atoms with E-state index >= 15 is 0 Å². The smallest absolute Gasteiger partial charge is 0.317 e. The number of piperidine rings is 1. The van der Waals surface area contributed by atoms with Crippen molar-refractivity contribution in [3.8, 4) is 0 Å². The van der Waals surface area contributed by atoms with E-state index in [1.54, 1.807) is 30.0 Å². The second kappa shape index (κ2) is 8.32. The molecule has 138 valence electrons. The fourth-order valence-corrected chi connectivity index (χ4v) is 3.09. The number of nitrogens with zero attached hydrogens (tertiary/aromatic N) is 1. The van der Waals surface area contributed by atoms with Crippen LogP contribution in [-0.4, -0.2) is 43.1 Å². The summed E-state index contributed by atoms with van der Waals surface area (Å²) < 4.78 is 19.0. The lowest BCUT2D eigenvalue weighted by Crippen LogP contribution is -2.48. The summed E-state index contributed by atoms with van der Waals surface area (Å²) in [5, 5.41) is 2.89. The Labute approximate surface area is 148 Å². The van der Waals surface area contributed by atoms with Gasteiger partial charge in [-0.2, -0.15) is 0 Å². The van der Waals surface area contributed by atoms with E-state index in [1.807, 2.05) is 13.8 Å². The van der Waals surface area contributed by atoms with Crippen LogP contribution < -0.4 is 5.32 Å². The van der Waals surface area contributed by atoms with Gasteiger partial charge in [0.15, 0.2) is 0 Å². The zero-order valence-corrected chi connectivity index (χ0v) is 15.2. The predicted octanol–water partition coefficient (Wildman–Crippen LogP) is 3.09. The van der Waals surface area contributed by atoms with Crippen molar-refractivity contribution >= 4 is 12.0 Å². The first-order valence-electron chi connectivity index (χ1n) is 8.79. The molecule has 1 heterocycles. The third-order valence-corrected chi connectivity index (χ3v) is 4.69. The summed E-state index contributed by atoms with van der Waals surface area (Å²) >= 11 is 0. The average Bonchev–Trinajstić information content (AvgIpc) is 2.60. The summed E-state index contributed by atoms with van der Waals surface area (Å²) in [5.41, 5.74) is 0.0703. The maximum atomic E-state index is 14.0. The van der Waals surface area contributed by atoms with Crippen LogP contribution in [0.15, 0.2) is 24.3 Å². The Morgan fingerprint density at radius 1 is 1.28 bits per heavy atom. The largest absolute Gasteiger partial charge is 0.466 e. The van der Waals surface area contributed by atoms with Crippen LogP contribution in [0.4, 0.5) is 9.18 Å². The molecule has 0 aliphatic carbocycles. The van der Waals surface area contributed by atoms with Crippen LogP contribution in [0.5, 0.6) is 0 Å². The molecule has 1 aliphatic rings. The summed E-state index contributed by atoms with van der Waals surface area (Å²) in [5.74, 6) is -0.570. The van der Waals surface area contributed by atoms with E-state index < -0.39 is 5.41 Å². The molecule has 0 spiro atoms. The summed E-state index contributed by atoms with van der Waals surface area (Å²) in [4.78, 5) is 25.8. The zero-order valence-electron chi connectivity index (χ0n) is 15.2. The fraction of sp³-hybridized carbons (Fsp3) is 0.579. The Morgan fingerprint density at radius 3 is 2.52 bits per heavy atom. The van der Waals surface area contributed by atoms with E-state index in [0.29, 0.717) is 44.6 Å². The van der Waals surface area contributed by atoms with Crippen molar-refractivity contribution < 1.29 is 18.7 Å². The van der Waals surface area contributed by atoms with Gasteiger partial charge in [-0.15, -0.1) is 0 Å². The van der Waals surface area contributed by atoms with Gasteiger partial charge < -0.3 is 15.0 Å². The highest BCUT2D eigenvalue weighted by Crippen LogP contribution is 2.25. The predicted molar refractivity (Wildman–Crippen MR) is 93.8 cm³/mol. The van der Waals surface area contributed by atoms with Gasteiger partial charge >= 0.3 is 12.0 Å². The molecule has 1 aromatic carbocycles. The van der Waals surface area contributed by atoms with Crippen LogP contribution in [-0.2, 0) is 14.9 Å². The van der Waals surface area contributed by atoms with Crippen LogP contribution in [0.3, 0.4) is 0 Å². The number of rotatable bonds is 5. The van der Waals surface area contributed by atoms with E-state index in [-0.39, 0.29) is 23.7 Å². The Balaban J connectivity index is 1.85. The number of amides is 2. The standard InChI is InChI=1S/C19H27FN2O3/c1-4-25-17(23)14-9-11-22(12-10-14)18(24)21-13-19(2,3)15-7-5-6-8-16(15)20/h5-8,14H,4,9-13H2,1-3H3,(H,21,24). The third-order valence-electron chi connectivity index (χ3n) is 4.69. The summed E-state index contributed by atoms with van der Waals surface area (Å²) in [7, 11) is 0. The van der Waals surface area contributed by atoms with Gasteiger partial charge in [-0.1, -0.05) is 32.0 Å². The number of likely N-dealkylation sites (tertiary alicyclic amines) is 1. The van der Waals surface area contributed by atoms with E-state index in [2.05, 4.69) is 5.32 Å². The van der Waals surface area contributed by atoms with Crippen molar-refractivity contribution in [1.29, 1.82) is 0 Å². The Morgan fingerprint density at radius 2 is 1.92 bits per heavy atom. The number of ether oxygens (including phenoxy) is 1. The molecule has 0 unspecified atom stereocenters. The molecular weight excluding hydrogens is 323 g/mol.